The fourth-order valence-electron chi connectivity index (χ4n) is 1.78. The van der Waals surface area contributed by atoms with Crippen LogP contribution in [-0.2, 0) is 11.3 Å². The Kier molecular flexibility index (Phi) is 8.27. The second-order valence-corrected chi connectivity index (χ2v) is 6.41. The van der Waals surface area contributed by atoms with E-state index in [9.17, 15) is 18.0 Å². The maximum Gasteiger partial charge on any atom is 0.406 e. The van der Waals surface area contributed by atoms with E-state index in [1.54, 1.807) is 11.3 Å². The molecule has 0 atom stereocenters. The maximum absolute atomic E-state index is 12.3. The highest BCUT2D eigenvalue weighted by Crippen LogP contribution is 2.18. The Bertz CT molecular complexity index is 547. The molecule has 1 saturated carbocycles. The van der Waals surface area contributed by atoms with Crippen LogP contribution in [0, 0.1) is 0 Å². The third kappa shape index (κ3) is 8.18. The summed E-state index contributed by atoms with van der Waals surface area (Å²) in [4.78, 5) is 17.6. The molecule has 0 aliphatic heterocycles. The minimum atomic E-state index is -4.40. The van der Waals surface area contributed by atoms with Crippen LogP contribution in [0.15, 0.2) is 22.5 Å². The number of hydrogen-bond donors (Lipinski definition) is 2. The molecule has 2 rings (SSSR count). The molecule has 0 saturated heterocycles. The molecule has 1 aromatic rings. The van der Waals surface area contributed by atoms with Crippen molar-refractivity contribution in [1.29, 1.82) is 0 Å². The van der Waals surface area contributed by atoms with Crippen molar-refractivity contribution in [2.24, 2.45) is 4.99 Å². The third-order valence-electron chi connectivity index (χ3n) is 3.14. The van der Waals surface area contributed by atoms with Gasteiger partial charge in [-0.3, -0.25) is 4.79 Å². The van der Waals surface area contributed by atoms with Gasteiger partial charge in [-0.1, -0.05) is 6.07 Å². The molecule has 0 aromatic carbocycles. The van der Waals surface area contributed by atoms with E-state index < -0.39 is 18.6 Å². The van der Waals surface area contributed by atoms with Crippen molar-refractivity contribution in [2.45, 2.75) is 31.6 Å². The highest BCUT2D eigenvalue weighted by molar-refractivity contribution is 14.0. The van der Waals surface area contributed by atoms with Crippen LogP contribution in [0.25, 0.3) is 0 Å². The summed E-state index contributed by atoms with van der Waals surface area (Å²) in [6, 6.07) is 4.23. The Balaban J connectivity index is 0.00000288. The summed E-state index contributed by atoms with van der Waals surface area (Å²) in [7, 11) is 1.12. The van der Waals surface area contributed by atoms with Crippen LogP contribution in [0.2, 0.25) is 0 Å². The number of carbonyl (C=O) groups excluding carboxylic acids is 1. The van der Waals surface area contributed by atoms with E-state index >= 15 is 0 Å². The van der Waals surface area contributed by atoms with E-state index in [0.29, 0.717) is 23.4 Å². The lowest BCUT2D eigenvalue weighted by Gasteiger charge is -2.18. The van der Waals surface area contributed by atoms with Crippen molar-refractivity contribution in [3.05, 3.63) is 22.4 Å². The van der Waals surface area contributed by atoms with Gasteiger partial charge in [-0.25, -0.2) is 4.99 Å². The molecule has 0 unspecified atom stereocenters. The van der Waals surface area contributed by atoms with E-state index in [-0.39, 0.29) is 30.5 Å². The van der Waals surface area contributed by atoms with Crippen molar-refractivity contribution in [3.8, 4) is 0 Å². The van der Waals surface area contributed by atoms with Gasteiger partial charge < -0.3 is 15.5 Å². The summed E-state index contributed by atoms with van der Waals surface area (Å²) in [5, 5.41) is 8.19. The summed E-state index contributed by atoms with van der Waals surface area (Å²) in [6.07, 6.45) is -2.34. The van der Waals surface area contributed by atoms with E-state index in [4.69, 9.17) is 0 Å². The van der Waals surface area contributed by atoms with Gasteiger partial charge in [-0.2, -0.15) is 13.2 Å². The molecule has 5 nitrogen and oxygen atoms in total. The molecule has 10 heteroatoms. The number of carbonyl (C=O) groups is 1. The van der Waals surface area contributed by atoms with Crippen LogP contribution in [0.3, 0.4) is 0 Å². The van der Waals surface area contributed by atoms with E-state index in [1.165, 1.54) is 0 Å². The zero-order valence-corrected chi connectivity index (χ0v) is 16.2. The van der Waals surface area contributed by atoms with Crippen LogP contribution in [0.1, 0.15) is 17.7 Å². The Labute approximate surface area is 159 Å². The Morgan fingerprint density at radius 3 is 2.71 bits per heavy atom. The van der Waals surface area contributed by atoms with Crippen LogP contribution in [0.4, 0.5) is 13.2 Å². The minimum absolute atomic E-state index is 0. The van der Waals surface area contributed by atoms with Gasteiger partial charge in [-0.05, 0) is 24.3 Å². The standard InChI is InChI=1S/C14H19F3N4OS.HI/c1-21(9-14(15,16)17)12(22)8-19-13(20-10-4-5-10)18-7-11-3-2-6-23-11;/h2-3,6,10H,4-5,7-9H2,1H3,(H2,18,19,20);1H. The molecule has 1 heterocycles. The minimum Gasteiger partial charge on any atom is -0.354 e. The Morgan fingerprint density at radius 2 is 2.17 bits per heavy atom. The summed E-state index contributed by atoms with van der Waals surface area (Å²) in [6.45, 7) is -1.03. The molecule has 136 valence electrons. The number of rotatable bonds is 6. The van der Waals surface area contributed by atoms with Gasteiger partial charge in [-0.15, -0.1) is 35.3 Å². The molecule has 1 amide bonds. The molecule has 1 fully saturated rings. The predicted molar refractivity (Wildman–Crippen MR) is 98.7 cm³/mol. The average molecular weight is 476 g/mol. The second-order valence-electron chi connectivity index (χ2n) is 5.38. The van der Waals surface area contributed by atoms with Gasteiger partial charge in [0.05, 0.1) is 6.54 Å². The van der Waals surface area contributed by atoms with Gasteiger partial charge in [0.15, 0.2) is 5.96 Å². The van der Waals surface area contributed by atoms with Gasteiger partial charge >= 0.3 is 6.18 Å². The zero-order valence-electron chi connectivity index (χ0n) is 13.1. The summed E-state index contributed by atoms with van der Waals surface area (Å²) < 4.78 is 36.8. The smallest absolute Gasteiger partial charge is 0.354 e. The maximum atomic E-state index is 12.3. The fourth-order valence-corrected chi connectivity index (χ4v) is 2.43. The molecular weight excluding hydrogens is 456 g/mol. The average Bonchev–Trinajstić information content (AvgIpc) is 3.11. The SMILES string of the molecule is CN(CC(F)(F)F)C(=O)CN=C(NCc1cccs1)NC1CC1.I. The number of nitrogens with one attached hydrogen (secondary N) is 2. The first-order chi connectivity index (χ1) is 10.8. The van der Waals surface area contributed by atoms with Gasteiger partial charge in [0.1, 0.15) is 13.1 Å². The van der Waals surface area contributed by atoms with Crippen molar-refractivity contribution in [1.82, 2.24) is 15.5 Å². The lowest BCUT2D eigenvalue weighted by molar-refractivity contribution is -0.157. The normalized spacial score (nSPS) is 14.8. The van der Waals surface area contributed by atoms with Crippen LogP contribution in [-0.4, -0.2) is 49.1 Å². The number of guanidine groups is 1. The van der Waals surface area contributed by atoms with Gasteiger partial charge in [0.25, 0.3) is 0 Å². The van der Waals surface area contributed by atoms with Gasteiger partial charge in [0.2, 0.25) is 5.91 Å². The van der Waals surface area contributed by atoms with E-state index in [0.717, 1.165) is 24.8 Å². The molecule has 1 aliphatic rings. The van der Waals surface area contributed by atoms with Crippen molar-refractivity contribution >= 4 is 47.2 Å². The highest BCUT2D eigenvalue weighted by Gasteiger charge is 2.31. The number of halogens is 4. The summed E-state index contributed by atoms with van der Waals surface area (Å²) in [5.41, 5.74) is 0. The van der Waals surface area contributed by atoms with Crippen LogP contribution < -0.4 is 10.6 Å². The lowest BCUT2D eigenvalue weighted by Crippen LogP contribution is -2.40. The predicted octanol–water partition coefficient (Wildman–Crippen LogP) is 2.58. The van der Waals surface area contributed by atoms with Crippen LogP contribution >= 0.6 is 35.3 Å². The van der Waals surface area contributed by atoms with Crippen molar-refractivity contribution in [2.75, 3.05) is 20.1 Å². The number of hydrogen-bond acceptors (Lipinski definition) is 3. The van der Waals surface area contributed by atoms with Crippen molar-refractivity contribution < 1.29 is 18.0 Å². The largest absolute Gasteiger partial charge is 0.406 e. The quantitative estimate of drug-likeness (QED) is 0.377. The molecule has 0 spiro atoms. The molecule has 0 bridgehead atoms. The zero-order chi connectivity index (χ0) is 16.9. The van der Waals surface area contributed by atoms with E-state index in [1.807, 2.05) is 17.5 Å². The first-order valence-corrected chi connectivity index (χ1v) is 8.09. The number of amides is 1. The third-order valence-corrected chi connectivity index (χ3v) is 4.02. The monoisotopic (exact) mass is 476 g/mol. The molecule has 0 radical (unpaired) electrons. The molecule has 1 aliphatic carbocycles. The number of likely N-dealkylation sites (N-methyl/N-ethyl adjacent to an activating group) is 1. The van der Waals surface area contributed by atoms with Gasteiger partial charge in [0, 0.05) is 18.0 Å². The molecule has 24 heavy (non-hydrogen) atoms. The van der Waals surface area contributed by atoms with E-state index in [2.05, 4.69) is 15.6 Å². The number of aliphatic imine (C=N–C) groups is 1. The first kappa shape index (κ1) is 21.0. The molecule has 1 aromatic heterocycles. The highest BCUT2D eigenvalue weighted by atomic mass is 127. The molecular formula is C14H20F3IN4OS. The van der Waals surface area contributed by atoms with Crippen LogP contribution in [0.5, 0.6) is 0 Å². The van der Waals surface area contributed by atoms with Crippen molar-refractivity contribution in [3.63, 3.8) is 0 Å². The molecule has 2 N–H and O–H groups in total. The first-order valence-electron chi connectivity index (χ1n) is 7.21. The topological polar surface area (TPSA) is 56.7 Å². The summed E-state index contributed by atoms with van der Waals surface area (Å²) >= 11 is 1.59. The number of thiophene rings is 1. The summed E-state index contributed by atoms with van der Waals surface area (Å²) in [5.74, 6) is -0.218. The second kappa shape index (κ2) is 9.44. The number of alkyl halides is 3. The number of nitrogens with zero attached hydrogens (tertiary/aromatic N) is 2. The Morgan fingerprint density at radius 1 is 1.46 bits per heavy atom. The fraction of sp³-hybridized carbons (Fsp3) is 0.571. The Hall–Kier alpha value is -1.04. The lowest BCUT2D eigenvalue weighted by atomic mass is 10.4.